The molecule has 0 saturated carbocycles. The molecule has 0 fully saturated rings. The fourth-order valence-electron chi connectivity index (χ4n) is 2.30. The molecule has 2 N–H and O–H groups in total. The third-order valence-electron chi connectivity index (χ3n) is 2.97. The van der Waals surface area contributed by atoms with E-state index in [4.69, 9.17) is 15.0 Å². The van der Waals surface area contributed by atoms with E-state index in [1.807, 2.05) is 0 Å². The van der Waals surface area contributed by atoms with Crippen LogP contribution in [-0.2, 0) is 17.6 Å². The number of methoxy groups -OCH3 is 1. The van der Waals surface area contributed by atoms with E-state index in [0.717, 1.165) is 0 Å². The van der Waals surface area contributed by atoms with E-state index in [-0.39, 0.29) is 6.04 Å². The molecule has 20 heavy (non-hydrogen) atoms. The molecule has 1 atom stereocenters. The van der Waals surface area contributed by atoms with Crippen molar-refractivity contribution in [1.82, 2.24) is 10.1 Å². The molecule has 0 spiro atoms. The second kappa shape index (κ2) is 6.63. The topological polar surface area (TPSA) is 74.2 Å². The standard InChI is InChI=1S/C15H21N3O2/c1-10-4-11(2)6-12(5-10)7-14-17-15(20-18-14)8-13(16)9-19-3/h4-6,13H,7-9,16H2,1-3H3. The third-order valence-corrected chi connectivity index (χ3v) is 2.97. The number of hydrogen-bond donors (Lipinski definition) is 1. The van der Waals surface area contributed by atoms with Gasteiger partial charge in [0.05, 0.1) is 6.61 Å². The van der Waals surface area contributed by atoms with Crippen molar-refractivity contribution in [3.8, 4) is 0 Å². The summed E-state index contributed by atoms with van der Waals surface area (Å²) < 4.78 is 10.2. The third kappa shape index (κ3) is 4.15. The molecule has 0 aliphatic rings. The molecule has 0 aliphatic carbocycles. The predicted molar refractivity (Wildman–Crippen MR) is 76.6 cm³/mol. The molecule has 0 saturated heterocycles. The van der Waals surface area contributed by atoms with E-state index in [2.05, 4.69) is 42.2 Å². The average molecular weight is 275 g/mol. The summed E-state index contributed by atoms with van der Waals surface area (Å²) in [4.78, 5) is 4.37. The smallest absolute Gasteiger partial charge is 0.228 e. The van der Waals surface area contributed by atoms with Crippen molar-refractivity contribution in [2.24, 2.45) is 5.73 Å². The quantitative estimate of drug-likeness (QED) is 0.870. The van der Waals surface area contributed by atoms with E-state index in [1.54, 1.807) is 7.11 Å². The van der Waals surface area contributed by atoms with Crippen LogP contribution in [0.4, 0.5) is 0 Å². The van der Waals surface area contributed by atoms with Gasteiger partial charge in [0.1, 0.15) is 0 Å². The molecule has 108 valence electrons. The molecule has 2 aromatic rings. The Labute approximate surface area is 119 Å². The molecule has 0 amide bonds. The van der Waals surface area contributed by atoms with Crippen LogP contribution in [0, 0.1) is 13.8 Å². The van der Waals surface area contributed by atoms with Gasteiger partial charge in [0.15, 0.2) is 5.82 Å². The first-order valence-electron chi connectivity index (χ1n) is 6.70. The zero-order chi connectivity index (χ0) is 14.5. The molecule has 1 unspecified atom stereocenters. The molecule has 1 aromatic carbocycles. The highest BCUT2D eigenvalue weighted by Gasteiger charge is 2.11. The Morgan fingerprint density at radius 3 is 2.60 bits per heavy atom. The van der Waals surface area contributed by atoms with Crippen molar-refractivity contribution in [3.05, 3.63) is 46.6 Å². The number of rotatable bonds is 6. The molecule has 0 radical (unpaired) electrons. The molecule has 5 heteroatoms. The maximum atomic E-state index is 5.87. The lowest BCUT2D eigenvalue weighted by molar-refractivity contribution is 0.176. The van der Waals surface area contributed by atoms with Gasteiger partial charge >= 0.3 is 0 Å². The highest BCUT2D eigenvalue weighted by Crippen LogP contribution is 2.12. The fourth-order valence-corrected chi connectivity index (χ4v) is 2.30. The van der Waals surface area contributed by atoms with Gasteiger partial charge in [-0.25, -0.2) is 0 Å². The summed E-state index contributed by atoms with van der Waals surface area (Å²) in [6.07, 6.45) is 1.21. The van der Waals surface area contributed by atoms with Crippen molar-refractivity contribution >= 4 is 0 Å². The summed E-state index contributed by atoms with van der Waals surface area (Å²) in [6, 6.07) is 6.31. The number of aromatic nitrogens is 2. The molecule has 0 aliphatic heterocycles. The largest absolute Gasteiger partial charge is 0.383 e. The van der Waals surface area contributed by atoms with E-state index in [9.17, 15) is 0 Å². The first-order chi connectivity index (χ1) is 9.56. The second-order valence-corrected chi connectivity index (χ2v) is 5.20. The number of aryl methyl sites for hydroxylation is 2. The van der Waals surface area contributed by atoms with Gasteiger partial charge in [0, 0.05) is 26.0 Å². The summed E-state index contributed by atoms with van der Waals surface area (Å²) >= 11 is 0. The SMILES string of the molecule is COCC(N)Cc1nc(Cc2cc(C)cc(C)c2)no1. The lowest BCUT2D eigenvalue weighted by atomic mass is 10.1. The molecular formula is C15H21N3O2. The summed E-state index contributed by atoms with van der Waals surface area (Å²) in [5, 5.41) is 4.00. The summed E-state index contributed by atoms with van der Waals surface area (Å²) in [6.45, 7) is 4.65. The predicted octanol–water partition coefficient (Wildman–Crippen LogP) is 1.79. The Morgan fingerprint density at radius 1 is 1.25 bits per heavy atom. The number of nitrogens with zero attached hydrogens (tertiary/aromatic N) is 2. The van der Waals surface area contributed by atoms with Gasteiger partial charge < -0.3 is 15.0 Å². The Bertz CT molecular complexity index is 546. The molecule has 1 aromatic heterocycles. The Hall–Kier alpha value is -1.72. The van der Waals surface area contributed by atoms with Crippen LogP contribution in [0.25, 0.3) is 0 Å². The Balaban J connectivity index is 2.02. The molecule has 1 heterocycles. The normalized spacial score (nSPS) is 12.6. The monoisotopic (exact) mass is 275 g/mol. The minimum Gasteiger partial charge on any atom is -0.383 e. The second-order valence-electron chi connectivity index (χ2n) is 5.20. The van der Waals surface area contributed by atoms with Crippen LogP contribution in [-0.4, -0.2) is 29.9 Å². The van der Waals surface area contributed by atoms with E-state index >= 15 is 0 Å². The summed E-state index contributed by atoms with van der Waals surface area (Å²) in [7, 11) is 1.62. The molecular weight excluding hydrogens is 254 g/mol. The first kappa shape index (κ1) is 14.7. The number of ether oxygens (including phenoxy) is 1. The number of benzene rings is 1. The van der Waals surface area contributed by atoms with Crippen LogP contribution < -0.4 is 5.73 Å². The van der Waals surface area contributed by atoms with E-state index in [0.29, 0.717) is 31.2 Å². The van der Waals surface area contributed by atoms with Gasteiger partial charge in [-0.2, -0.15) is 4.98 Å². The lowest BCUT2D eigenvalue weighted by Crippen LogP contribution is -2.28. The van der Waals surface area contributed by atoms with Crippen molar-refractivity contribution in [1.29, 1.82) is 0 Å². The highest BCUT2D eigenvalue weighted by molar-refractivity contribution is 5.30. The molecule has 0 bridgehead atoms. The van der Waals surface area contributed by atoms with Crippen LogP contribution >= 0.6 is 0 Å². The van der Waals surface area contributed by atoms with Crippen LogP contribution in [0.3, 0.4) is 0 Å². The van der Waals surface area contributed by atoms with E-state index < -0.39 is 0 Å². The highest BCUT2D eigenvalue weighted by atomic mass is 16.5. The van der Waals surface area contributed by atoms with Crippen molar-refractivity contribution in [2.45, 2.75) is 32.7 Å². The lowest BCUT2D eigenvalue weighted by Gasteiger charge is -2.05. The minimum atomic E-state index is -0.116. The van der Waals surface area contributed by atoms with Crippen LogP contribution in [0.5, 0.6) is 0 Å². The van der Waals surface area contributed by atoms with Gasteiger partial charge in [-0.15, -0.1) is 0 Å². The zero-order valence-corrected chi connectivity index (χ0v) is 12.2. The van der Waals surface area contributed by atoms with Crippen molar-refractivity contribution < 1.29 is 9.26 Å². The number of hydrogen-bond acceptors (Lipinski definition) is 5. The van der Waals surface area contributed by atoms with Crippen molar-refractivity contribution in [3.63, 3.8) is 0 Å². The average Bonchev–Trinajstić information content (AvgIpc) is 2.75. The summed E-state index contributed by atoms with van der Waals surface area (Å²) in [5.41, 5.74) is 9.54. The maximum Gasteiger partial charge on any atom is 0.228 e. The van der Waals surface area contributed by atoms with Crippen LogP contribution in [0.1, 0.15) is 28.4 Å². The zero-order valence-electron chi connectivity index (χ0n) is 12.2. The number of nitrogens with two attached hydrogens (primary N) is 1. The Morgan fingerprint density at radius 2 is 1.95 bits per heavy atom. The molecule has 5 nitrogen and oxygen atoms in total. The minimum absolute atomic E-state index is 0.116. The van der Waals surface area contributed by atoms with Gasteiger partial charge in [-0.05, 0) is 19.4 Å². The van der Waals surface area contributed by atoms with Crippen molar-refractivity contribution in [2.75, 3.05) is 13.7 Å². The van der Waals surface area contributed by atoms with Crippen LogP contribution in [0.2, 0.25) is 0 Å². The molecule has 2 rings (SSSR count). The first-order valence-corrected chi connectivity index (χ1v) is 6.70. The Kier molecular flexibility index (Phi) is 4.87. The van der Waals surface area contributed by atoms with Gasteiger partial charge in [0.2, 0.25) is 5.89 Å². The van der Waals surface area contributed by atoms with Crippen LogP contribution in [0.15, 0.2) is 22.7 Å². The van der Waals surface area contributed by atoms with Gasteiger partial charge in [-0.1, -0.05) is 34.5 Å². The van der Waals surface area contributed by atoms with Gasteiger partial charge in [0.25, 0.3) is 0 Å². The maximum absolute atomic E-state index is 5.87. The van der Waals surface area contributed by atoms with Gasteiger partial charge in [-0.3, -0.25) is 0 Å². The fraction of sp³-hybridized carbons (Fsp3) is 0.467. The summed E-state index contributed by atoms with van der Waals surface area (Å²) in [5.74, 6) is 1.25. The van der Waals surface area contributed by atoms with E-state index in [1.165, 1.54) is 16.7 Å².